The van der Waals surface area contributed by atoms with Crippen molar-refractivity contribution in [1.29, 1.82) is 0 Å². The maximum Gasteiger partial charge on any atom is 0.319 e. The predicted molar refractivity (Wildman–Crippen MR) is 131 cm³/mol. The first kappa shape index (κ1) is 24.8. The predicted octanol–water partition coefficient (Wildman–Crippen LogP) is 6.30. The van der Waals surface area contributed by atoms with Gasteiger partial charge >= 0.3 is 5.97 Å². The van der Waals surface area contributed by atoms with Gasteiger partial charge in [-0.25, -0.2) is 9.97 Å². The zero-order chi connectivity index (χ0) is 23.8. The molecular formula is C28H38N2O4. The monoisotopic (exact) mass is 466 g/mol. The van der Waals surface area contributed by atoms with E-state index in [0.29, 0.717) is 30.7 Å². The molecule has 0 N–H and O–H groups in total. The van der Waals surface area contributed by atoms with Gasteiger partial charge in [0.15, 0.2) is 12.1 Å². The number of hydrogen-bond acceptors (Lipinski definition) is 6. The zero-order valence-electron chi connectivity index (χ0n) is 20.6. The van der Waals surface area contributed by atoms with Gasteiger partial charge in [-0.15, -0.1) is 0 Å². The highest BCUT2D eigenvalue weighted by atomic mass is 16.7. The first-order valence-electron chi connectivity index (χ1n) is 13.0. The van der Waals surface area contributed by atoms with E-state index in [0.717, 1.165) is 30.7 Å². The number of benzene rings is 1. The Balaban J connectivity index is 1.26. The lowest BCUT2D eigenvalue weighted by Gasteiger charge is -2.28. The Morgan fingerprint density at radius 3 is 2.26 bits per heavy atom. The van der Waals surface area contributed by atoms with E-state index in [1.807, 2.05) is 24.5 Å². The van der Waals surface area contributed by atoms with Crippen molar-refractivity contribution < 1.29 is 19.0 Å². The van der Waals surface area contributed by atoms with E-state index in [2.05, 4.69) is 23.8 Å². The van der Waals surface area contributed by atoms with Crippen molar-refractivity contribution >= 4 is 5.97 Å². The summed E-state index contributed by atoms with van der Waals surface area (Å²) in [4.78, 5) is 21.7. The molecule has 6 heteroatoms. The molecule has 2 fully saturated rings. The smallest absolute Gasteiger partial charge is 0.319 e. The van der Waals surface area contributed by atoms with Gasteiger partial charge in [0.05, 0.1) is 13.2 Å². The molecule has 2 heterocycles. The normalized spacial score (nSPS) is 25.1. The van der Waals surface area contributed by atoms with Gasteiger partial charge in [0.1, 0.15) is 11.7 Å². The molecule has 184 valence electrons. The molecule has 1 aliphatic heterocycles. The van der Waals surface area contributed by atoms with Crippen molar-refractivity contribution in [3.63, 3.8) is 0 Å². The lowest BCUT2D eigenvalue weighted by Crippen LogP contribution is -2.38. The zero-order valence-corrected chi connectivity index (χ0v) is 20.6. The van der Waals surface area contributed by atoms with Gasteiger partial charge < -0.3 is 14.2 Å². The van der Waals surface area contributed by atoms with Gasteiger partial charge in [-0.1, -0.05) is 33.1 Å². The van der Waals surface area contributed by atoms with Gasteiger partial charge in [-0.3, -0.25) is 4.79 Å². The highest BCUT2D eigenvalue weighted by molar-refractivity contribution is 5.75. The molecule has 1 aromatic carbocycles. The van der Waals surface area contributed by atoms with Crippen molar-refractivity contribution in [2.45, 2.75) is 83.8 Å². The molecule has 0 spiro atoms. The molecule has 34 heavy (non-hydrogen) atoms. The topological polar surface area (TPSA) is 70.5 Å². The Kier molecular flexibility index (Phi) is 9.05. The van der Waals surface area contributed by atoms with Gasteiger partial charge in [-0.2, -0.15) is 0 Å². The standard InChI is InChI=1S/C28H38N2O4/c1-3-5-6-7-26-32-18-24(19-33-26)28(31)34-25-14-12-22(13-15-25)27-29-16-23(17-30-27)21-10-8-20(4-2)9-11-21/h12-17,20-21,24,26H,3-11,18-19H2,1-2H3. The summed E-state index contributed by atoms with van der Waals surface area (Å²) in [5, 5.41) is 0. The summed E-state index contributed by atoms with van der Waals surface area (Å²) in [6, 6.07) is 7.35. The Morgan fingerprint density at radius 1 is 0.971 bits per heavy atom. The third-order valence-corrected chi connectivity index (χ3v) is 7.24. The summed E-state index contributed by atoms with van der Waals surface area (Å²) >= 11 is 0. The first-order chi connectivity index (χ1) is 16.7. The van der Waals surface area contributed by atoms with Crippen LogP contribution < -0.4 is 4.74 Å². The fourth-order valence-electron chi connectivity index (χ4n) is 4.88. The van der Waals surface area contributed by atoms with E-state index in [1.54, 1.807) is 12.1 Å². The van der Waals surface area contributed by atoms with Crippen LogP contribution in [0, 0.1) is 11.8 Å². The Labute approximate surface area is 203 Å². The number of hydrogen-bond donors (Lipinski definition) is 0. The molecule has 0 bridgehead atoms. The Bertz CT molecular complexity index is 884. The van der Waals surface area contributed by atoms with Crippen LogP contribution in [0.4, 0.5) is 0 Å². The molecule has 0 atom stereocenters. The Hall–Kier alpha value is -2.31. The third-order valence-electron chi connectivity index (χ3n) is 7.24. The lowest BCUT2D eigenvalue weighted by atomic mass is 9.78. The van der Waals surface area contributed by atoms with E-state index in [1.165, 1.54) is 44.1 Å². The molecule has 2 aromatic rings. The molecule has 0 unspecified atom stereocenters. The number of esters is 1. The third kappa shape index (κ3) is 6.63. The van der Waals surface area contributed by atoms with Crippen LogP contribution in [0.15, 0.2) is 36.7 Å². The highest BCUT2D eigenvalue weighted by Gasteiger charge is 2.29. The Morgan fingerprint density at radius 2 is 1.65 bits per heavy atom. The van der Waals surface area contributed by atoms with Crippen LogP contribution in [-0.4, -0.2) is 35.4 Å². The minimum atomic E-state index is -0.398. The maximum atomic E-state index is 12.5. The van der Waals surface area contributed by atoms with Crippen LogP contribution in [-0.2, 0) is 14.3 Å². The van der Waals surface area contributed by atoms with E-state index < -0.39 is 5.92 Å². The minimum Gasteiger partial charge on any atom is -0.426 e. The van der Waals surface area contributed by atoms with Crippen LogP contribution in [0.5, 0.6) is 5.75 Å². The van der Waals surface area contributed by atoms with Crippen molar-refractivity contribution in [3.05, 3.63) is 42.2 Å². The molecule has 2 aliphatic rings. The second kappa shape index (κ2) is 12.4. The summed E-state index contributed by atoms with van der Waals surface area (Å²) in [7, 11) is 0. The van der Waals surface area contributed by atoms with E-state index in [4.69, 9.17) is 14.2 Å². The van der Waals surface area contributed by atoms with Crippen LogP contribution in [0.1, 0.15) is 83.1 Å². The van der Waals surface area contributed by atoms with Gasteiger partial charge in [-0.05, 0) is 80.2 Å². The molecule has 0 amide bonds. The first-order valence-corrected chi connectivity index (χ1v) is 13.0. The second-order valence-corrected chi connectivity index (χ2v) is 9.70. The number of rotatable bonds is 9. The number of ether oxygens (including phenoxy) is 3. The van der Waals surface area contributed by atoms with E-state index >= 15 is 0 Å². The number of carbonyl (C=O) groups is 1. The maximum absolute atomic E-state index is 12.5. The molecule has 0 radical (unpaired) electrons. The van der Waals surface area contributed by atoms with Crippen LogP contribution in [0.25, 0.3) is 11.4 Å². The SMILES string of the molecule is CCCCCC1OCC(C(=O)Oc2ccc(-c3ncc(C4CCC(CC)CC4)cn3)cc2)CO1. The van der Waals surface area contributed by atoms with Gasteiger partial charge in [0, 0.05) is 18.0 Å². The molecule has 1 aliphatic carbocycles. The highest BCUT2D eigenvalue weighted by Crippen LogP contribution is 2.36. The number of aromatic nitrogens is 2. The quantitative estimate of drug-likeness (QED) is 0.245. The van der Waals surface area contributed by atoms with Crippen LogP contribution >= 0.6 is 0 Å². The fraction of sp³-hybridized carbons (Fsp3) is 0.607. The van der Waals surface area contributed by atoms with E-state index in [-0.39, 0.29) is 12.3 Å². The molecule has 1 saturated carbocycles. The van der Waals surface area contributed by atoms with Crippen LogP contribution in [0.2, 0.25) is 0 Å². The number of carbonyl (C=O) groups excluding carboxylic acids is 1. The van der Waals surface area contributed by atoms with Crippen molar-refractivity contribution in [2.75, 3.05) is 13.2 Å². The lowest BCUT2D eigenvalue weighted by molar-refractivity contribution is -0.208. The van der Waals surface area contributed by atoms with Gasteiger partial charge in [0.25, 0.3) is 0 Å². The molecular weight excluding hydrogens is 428 g/mol. The summed E-state index contributed by atoms with van der Waals surface area (Å²) in [6.07, 6.45) is 14.4. The summed E-state index contributed by atoms with van der Waals surface area (Å²) < 4.78 is 17.0. The molecule has 4 rings (SSSR count). The van der Waals surface area contributed by atoms with Crippen molar-refractivity contribution in [1.82, 2.24) is 9.97 Å². The number of unbranched alkanes of at least 4 members (excludes halogenated alkanes) is 2. The minimum absolute atomic E-state index is 0.201. The summed E-state index contributed by atoms with van der Waals surface area (Å²) in [5.74, 6) is 1.94. The largest absolute Gasteiger partial charge is 0.426 e. The fourth-order valence-corrected chi connectivity index (χ4v) is 4.88. The number of nitrogens with zero attached hydrogens (tertiary/aromatic N) is 2. The second-order valence-electron chi connectivity index (χ2n) is 9.70. The average Bonchev–Trinajstić information content (AvgIpc) is 2.90. The van der Waals surface area contributed by atoms with Crippen LogP contribution in [0.3, 0.4) is 0 Å². The molecule has 6 nitrogen and oxygen atoms in total. The van der Waals surface area contributed by atoms with E-state index in [9.17, 15) is 4.79 Å². The molecule has 1 saturated heterocycles. The molecule has 1 aromatic heterocycles. The summed E-state index contributed by atoms with van der Waals surface area (Å²) in [5.41, 5.74) is 2.15. The van der Waals surface area contributed by atoms with Gasteiger partial charge in [0.2, 0.25) is 0 Å². The van der Waals surface area contributed by atoms with Crippen molar-refractivity contribution in [2.24, 2.45) is 11.8 Å². The average molecular weight is 467 g/mol. The van der Waals surface area contributed by atoms with Crippen molar-refractivity contribution in [3.8, 4) is 17.1 Å². The summed E-state index contributed by atoms with van der Waals surface area (Å²) in [6.45, 7) is 5.14.